The van der Waals surface area contributed by atoms with E-state index < -0.39 is 6.10 Å². The summed E-state index contributed by atoms with van der Waals surface area (Å²) >= 11 is 0. The summed E-state index contributed by atoms with van der Waals surface area (Å²) in [4.78, 5) is 19.7. The summed E-state index contributed by atoms with van der Waals surface area (Å²) in [6.07, 6.45) is 3.31. The van der Waals surface area contributed by atoms with Gasteiger partial charge in [-0.25, -0.2) is 4.79 Å². The highest BCUT2D eigenvalue weighted by Crippen LogP contribution is 2.40. The van der Waals surface area contributed by atoms with Crippen LogP contribution in [0.15, 0.2) is 42.7 Å². The number of aryl methyl sites for hydroxylation is 1. The molecule has 4 heterocycles. The van der Waals surface area contributed by atoms with Crippen LogP contribution in [0.1, 0.15) is 5.56 Å². The van der Waals surface area contributed by atoms with Gasteiger partial charge in [-0.3, -0.25) is 9.88 Å². The minimum absolute atomic E-state index is 0.134. The maximum atomic E-state index is 12.1. The third kappa shape index (κ3) is 2.48. The zero-order chi connectivity index (χ0) is 18.5. The van der Waals surface area contributed by atoms with Crippen LogP contribution in [0.2, 0.25) is 0 Å². The molecule has 1 aromatic carbocycles. The van der Waals surface area contributed by atoms with Crippen LogP contribution in [0.3, 0.4) is 0 Å². The Balaban J connectivity index is 1.45. The fourth-order valence-corrected chi connectivity index (χ4v) is 3.79. The predicted octanol–water partition coefficient (Wildman–Crippen LogP) is 1.79. The fraction of sp³-hybridized carbons (Fsp3) is 0.263. The maximum Gasteiger partial charge on any atom is 0.415 e. The van der Waals surface area contributed by atoms with E-state index in [4.69, 9.17) is 4.74 Å². The van der Waals surface area contributed by atoms with Crippen LogP contribution < -0.4 is 4.90 Å². The molecule has 0 aliphatic carbocycles. The second-order valence-electron chi connectivity index (χ2n) is 6.74. The van der Waals surface area contributed by atoms with Crippen LogP contribution in [-0.2, 0) is 18.2 Å². The summed E-state index contributed by atoms with van der Waals surface area (Å²) in [5.74, 6) is 0. The number of rotatable bonds is 3. The first-order valence-corrected chi connectivity index (χ1v) is 8.71. The van der Waals surface area contributed by atoms with Gasteiger partial charge in [-0.05, 0) is 35.7 Å². The lowest BCUT2D eigenvalue weighted by molar-refractivity contribution is 0.0830. The summed E-state index contributed by atoms with van der Waals surface area (Å²) < 4.78 is 5.22. The molecule has 2 aliphatic rings. The molecule has 27 heavy (non-hydrogen) atoms. The van der Waals surface area contributed by atoms with Crippen molar-refractivity contribution in [2.75, 3.05) is 11.5 Å². The Bertz CT molecular complexity index is 1030. The highest BCUT2D eigenvalue weighted by molar-refractivity contribution is 5.94. The molecule has 1 fully saturated rings. The minimum atomic E-state index is -0.471. The summed E-state index contributed by atoms with van der Waals surface area (Å²) in [5.41, 5.74) is 5.44. The van der Waals surface area contributed by atoms with Crippen molar-refractivity contribution in [2.45, 2.75) is 18.6 Å². The van der Waals surface area contributed by atoms with E-state index in [1.54, 1.807) is 18.1 Å². The van der Waals surface area contributed by atoms with Gasteiger partial charge >= 0.3 is 6.09 Å². The van der Waals surface area contributed by atoms with E-state index in [0.717, 1.165) is 33.8 Å². The molecule has 1 saturated heterocycles. The Morgan fingerprint density at radius 3 is 2.74 bits per heavy atom. The average Bonchev–Trinajstić information content (AvgIpc) is 3.36. The van der Waals surface area contributed by atoms with Crippen molar-refractivity contribution in [1.82, 2.24) is 20.0 Å². The number of aromatic nitrogens is 4. The first kappa shape index (κ1) is 16.0. The van der Waals surface area contributed by atoms with E-state index in [-0.39, 0.29) is 18.7 Å². The number of amides is 1. The van der Waals surface area contributed by atoms with Gasteiger partial charge in [-0.15, -0.1) is 0 Å². The largest absolute Gasteiger partial charge is 0.441 e. The Morgan fingerprint density at radius 1 is 1.19 bits per heavy atom. The Morgan fingerprint density at radius 2 is 2.04 bits per heavy atom. The second-order valence-corrected chi connectivity index (χ2v) is 6.74. The van der Waals surface area contributed by atoms with Gasteiger partial charge in [0.15, 0.2) is 0 Å². The SMILES string of the molecule is Cn1ncc(-c2ccc(-c3ccc4c(c3)CC3C(CO)OC(=O)N43)cn2)n1. The van der Waals surface area contributed by atoms with Crippen LogP contribution >= 0.6 is 0 Å². The average molecular weight is 363 g/mol. The Hall–Kier alpha value is -3.26. The highest BCUT2D eigenvalue weighted by Gasteiger charge is 2.47. The maximum absolute atomic E-state index is 12.1. The van der Waals surface area contributed by atoms with Crippen LogP contribution in [-0.4, -0.2) is 49.9 Å². The van der Waals surface area contributed by atoms with E-state index in [0.29, 0.717) is 6.42 Å². The zero-order valence-electron chi connectivity index (χ0n) is 14.6. The summed E-state index contributed by atoms with van der Waals surface area (Å²) in [6, 6.07) is 9.77. The molecule has 136 valence electrons. The standard InChI is InChI=1S/C19H17N5O3/c1-23-21-9-15(22-23)14-4-2-12(8-20-14)11-3-5-16-13(6-11)7-17-18(10-25)27-19(26)24(16)17/h2-6,8-9,17-18,25H,7,10H2,1H3. The number of fused-ring (bicyclic) bond motifs is 3. The smallest absolute Gasteiger partial charge is 0.415 e. The lowest BCUT2D eigenvalue weighted by atomic mass is 10.0. The van der Waals surface area contributed by atoms with E-state index >= 15 is 0 Å². The molecule has 0 saturated carbocycles. The van der Waals surface area contributed by atoms with Crippen molar-refractivity contribution in [2.24, 2.45) is 7.05 Å². The van der Waals surface area contributed by atoms with Gasteiger partial charge in [0.1, 0.15) is 11.8 Å². The fourth-order valence-electron chi connectivity index (χ4n) is 3.79. The van der Waals surface area contributed by atoms with E-state index in [1.807, 2.05) is 30.5 Å². The summed E-state index contributed by atoms with van der Waals surface area (Å²) in [5, 5.41) is 17.8. The van der Waals surface area contributed by atoms with Crippen molar-refractivity contribution in [3.63, 3.8) is 0 Å². The molecule has 1 N–H and O–H groups in total. The molecule has 2 aliphatic heterocycles. The van der Waals surface area contributed by atoms with Crippen LogP contribution in [0, 0.1) is 0 Å². The van der Waals surface area contributed by atoms with Gasteiger partial charge in [0.25, 0.3) is 0 Å². The molecule has 8 nitrogen and oxygen atoms in total. The molecule has 2 atom stereocenters. The van der Waals surface area contributed by atoms with Crippen LogP contribution in [0.25, 0.3) is 22.5 Å². The molecule has 8 heteroatoms. The minimum Gasteiger partial charge on any atom is -0.441 e. The molecular formula is C19H17N5O3. The molecule has 0 radical (unpaired) electrons. The number of ether oxygens (including phenoxy) is 1. The third-order valence-corrected chi connectivity index (χ3v) is 5.12. The molecule has 0 bridgehead atoms. The van der Waals surface area contributed by atoms with Crippen molar-refractivity contribution >= 4 is 11.8 Å². The molecule has 5 rings (SSSR count). The molecule has 2 aromatic heterocycles. The van der Waals surface area contributed by atoms with Gasteiger partial charge in [0.2, 0.25) is 0 Å². The number of hydrogen-bond donors (Lipinski definition) is 1. The Kier molecular flexibility index (Phi) is 3.48. The van der Waals surface area contributed by atoms with Crippen molar-refractivity contribution in [3.05, 3.63) is 48.3 Å². The third-order valence-electron chi connectivity index (χ3n) is 5.12. The number of aliphatic hydroxyl groups is 1. The molecule has 3 aromatic rings. The van der Waals surface area contributed by atoms with Gasteiger partial charge in [-0.2, -0.15) is 15.0 Å². The Labute approximate surface area is 155 Å². The summed E-state index contributed by atoms with van der Waals surface area (Å²) in [6.45, 7) is -0.165. The normalized spacial score (nSPS) is 20.5. The lowest BCUT2D eigenvalue weighted by Gasteiger charge is -2.14. The highest BCUT2D eigenvalue weighted by atomic mass is 16.6. The monoisotopic (exact) mass is 363 g/mol. The quantitative estimate of drug-likeness (QED) is 0.762. The predicted molar refractivity (Wildman–Crippen MR) is 97.0 cm³/mol. The first-order valence-electron chi connectivity index (χ1n) is 8.71. The van der Waals surface area contributed by atoms with Crippen molar-refractivity contribution in [3.8, 4) is 22.5 Å². The number of carbonyl (C=O) groups is 1. The number of pyridine rings is 1. The number of aliphatic hydroxyl groups excluding tert-OH is 1. The molecule has 1 amide bonds. The zero-order valence-corrected chi connectivity index (χ0v) is 14.6. The number of anilines is 1. The van der Waals surface area contributed by atoms with E-state index in [2.05, 4.69) is 21.2 Å². The second kappa shape index (κ2) is 5.88. The van der Waals surface area contributed by atoms with Gasteiger partial charge in [0.05, 0.1) is 30.2 Å². The van der Waals surface area contributed by atoms with Crippen LogP contribution in [0.5, 0.6) is 0 Å². The van der Waals surface area contributed by atoms with Gasteiger partial charge < -0.3 is 9.84 Å². The molecule has 0 spiro atoms. The molecule has 2 unspecified atom stereocenters. The van der Waals surface area contributed by atoms with Crippen LogP contribution in [0.4, 0.5) is 10.5 Å². The van der Waals surface area contributed by atoms with E-state index in [1.165, 1.54) is 4.80 Å². The number of cyclic esters (lactones) is 1. The van der Waals surface area contributed by atoms with Gasteiger partial charge in [0, 0.05) is 18.8 Å². The number of benzene rings is 1. The van der Waals surface area contributed by atoms with E-state index in [9.17, 15) is 9.90 Å². The molecular weight excluding hydrogens is 346 g/mol. The van der Waals surface area contributed by atoms with Crippen molar-refractivity contribution in [1.29, 1.82) is 0 Å². The van der Waals surface area contributed by atoms with Crippen molar-refractivity contribution < 1.29 is 14.6 Å². The lowest BCUT2D eigenvalue weighted by Crippen LogP contribution is -2.34. The number of nitrogens with zero attached hydrogens (tertiary/aromatic N) is 5. The summed E-state index contributed by atoms with van der Waals surface area (Å²) in [7, 11) is 1.77. The topological polar surface area (TPSA) is 93.4 Å². The number of hydrogen-bond acceptors (Lipinski definition) is 6. The first-order chi connectivity index (χ1) is 13.1. The number of carbonyl (C=O) groups excluding carboxylic acids is 1. The van der Waals surface area contributed by atoms with Gasteiger partial charge in [-0.1, -0.05) is 12.1 Å².